The van der Waals surface area contributed by atoms with Crippen LogP contribution in [-0.2, 0) is 11.2 Å². The minimum absolute atomic E-state index is 0.342. The van der Waals surface area contributed by atoms with Gasteiger partial charge in [-0.05, 0) is 37.3 Å². The number of benzene rings is 1. The highest BCUT2D eigenvalue weighted by Gasteiger charge is 2.05. The number of aliphatic hydroxyl groups excluding tert-OH is 1. The van der Waals surface area contributed by atoms with E-state index in [1.807, 2.05) is 12.1 Å². The molecule has 0 bridgehead atoms. The molecule has 0 saturated carbocycles. The lowest BCUT2D eigenvalue weighted by Crippen LogP contribution is -2.16. The molecule has 1 N–H and O–H groups in total. The molecule has 90 valence electrons. The largest absolute Gasteiger partial charge is 0.391 e. The van der Waals surface area contributed by atoms with Crippen LogP contribution in [0.1, 0.15) is 30.9 Å². The molecular formula is C14H22O2. The topological polar surface area (TPSA) is 29.5 Å². The third kappa shape index (κ3) is 4.77. The Morgan fingerprint density at radius 1 is 1.31 bits per heavy atom. The maximum atomic E-state index is 9.70. The van der Waals surface area contributed by atoms with Crippen molar-refractivity contribution < 1.29 is 9.84 Å². The summed E-state index contributed by atoms with van der Waals surface area (Å²) in [6.07, 6.45) is 2.36. The van der Waals surface area contributed by atoms with Crippen LogP contribution in [0.3, 0.4) is 0 Å². The minimum Gasteiger partial charge on any atom is -0.391 e. The lowest BCUT2D eigenvalue weighted by atomic mass is 10.0. The molecule has 0 fully saturated rings. The van der Waals surface area contributed by atoms with Crippen LogP contribution in [0.15, 0.2) is 24.3 Å². The maximum Gasteiger partial charge on any atom is 0.0776 e. The van der Waals surface area contributed by atoms with Gasteiger partial charge in [-0.15, -0.1) is 0 Å². The molecule has 0 aliphatic heterocycles. The number of aliphatic hydroxyl groups is 1. The molecule has 0 amide bonds. The Kier molecular flexibility index (Phi) is 6.12. The molecule has 1 unspecified atom stereocenters. The first kappa shape index (κ1) is 13.2. The normalized spacial score (nSPS) is 12.7. The Hall–Kier alpha value is -0.860. The zero-order valence-corrected chi connectivity index (χ0v) is 10.3. The summed E-state index contributed by atoms with van der Waals surface area (Å²) in [6.45, 7) is 5.37. The van der Waals surface area contributed by atoms with Gasteiger partial charge in [-0.1, -0.05) is 31.2 Å². The van der Waals surface area contributed by atoms with E-state index in [0.717, 1.165) is 25.9 Å². The van der Waals surface area contributed by atoms with Gasteiger partial charge in [0.25, 0.3) is 0 Å². The second-order valence-electron chi connectivity index (χ2n) is 4.19. The monoisotopic (exact) mass is 222 g/mol. The first-order chi connectivity index (χ1) is 7.74. The van der Waals surface area contributed by atoms with Gasteiger partial charge < -0.3 is 9.84 Å². The second-order valence-corrected chi connectivity index (χ2v) is 4.19. The van der Waals surface area contributed by atoms with E-state index < -0.39 is 0 Å². The number of rotatable bonds is 7. The fourth-order valence-electron chi connectivity index (χ4n) is 1.66. The van der Waals surface area contributed by atoms with Crippen molar-refractivity contribution >= 4 is 0 Å². The standard InChI is InChI=1S/C14H22O2/c1-3-10-16-11-14(15)9-8-13-7-5-4-6-12(13)2/h4-7,14-15H,3,8-11H2,1-2H3. The van der Waals surface area contributed by atoms with E-state index in [1.54, 1.807) is 0 Å². The highest BCUT2D eigenvalue weighted by Crippen LogP contribution is 2.10. The lowest BCUT2D eigenvalue weighted by Gasteiger charge is -2.11. The Bertz CT molecular complexity index is 297. The lowest BCUT2D eigenvalue weighted by molar-refractivity contribution is 0.0330. The van der Waals surface area contributed by atoms with Crippen LogP contribution in [0.2, 0.25) is 0 Å². The van der Waals surface area contributed by atoms with E-state index in [2.05, 4.69) is 26.0 Å². The molecule has 1 rings (SSSR count). The van der Waals surface area contributed by atoms with Crippen LogP contribution in [0.25, 0.3) is 0 Å². The van der Waals surface area contributed by atoms with Crippen molar-refractivity contribution in [3.05, 3.63) is 35.4 Å². The van der Waals surface area contributed by atoms with Crippen molar-refractivity contribution in [2.45, 2.75) is 39.2 Å². The van der Waals surface area contributed by atoms with Crippen LogP contribution in [-0.4, -0.2) is 24.4 Å². The van der Waals surface area contributed by atoms with E-state index in [0.29, 0.717) is 6.61 Å². The molecule has 16 heavy (non-hydrogen) atoms. The fraction of sp³-hybridized carbons (Fsp3) is 0.571. The minimum atomic E-state index is -0.342. The van der Waals surface area contributed by atoms with Gasteiger partial charge in [-0.3, -0.25) is 0 Å². The molecule has 1 atom stereocenters. The first-order valence-corrected chi connectivity index (χ1v) is 6.04. The smallest absolute Gasteiger partial charge is 0.0776 e. The van der Waals surface area contributed by atoms with E-state index >= 15 is 0 Å². The summed E-state index contributed by atoms with van der Waals surface area (Å²) in [6, 6.07) is 8.31. The van der Waals surface area contributed by atoms with Crippen molar-refractivity contribution in [2.24, 2.45) is 0 Å². The first-order valence-electron chi connectivity index (χ1n) is 6.04. The summed E-state index contributed by atoms with van der Waals surface area (Å²) in [5, 5.41) is 9.70. The van der Waals surface area contributed by atoms with Gasteiger partial charge in [0, 0.05) is 6.61 Å². The summed E-state index contributed by atoms with van der Waals surface area (Å²) >= 11 is 0. The third-order valence-electron chi connectivity index (χ3n) is 2.67. The van der Waals surface area contributed by atoms with E-state index in [1.165, 1.54) is 11.1 Å². The predicted octanol–water partition coefficient (Wildman–Crippen LogP) is 2.72. The van der Waals surface area contributed by atoms with E-state index in [9.17, 15) is 5.11 Å². The Balaban J connectivity index is 2.26. The van der Waals surface area contributed by atoms with Crippen molar-refractivity contribution in [3.63, 3.8) is 0 Å². The molecule has 0 heterocycles. The number of ether oxygens (including phenoxy) is 1. The average molecular weight is 222 g/mol. The highest BCUT2D eigenvalue weighted by atomic mass is 16.5. The van der Waals surface area contributed by atoms with Crippen LogP contribution in [0.4, 0.5) is 0 Å². The van der Waals surface area contributed by atoms with Gasteiger partial charge in [0.2, 0.25) is 0 Å². The molecule has 0 aliphatic rings. The fourth-order valence-corrected chi connectivity index (χ4v) is 1.66. The van der Waals surface area contributed by atoms with Crippen molar-refractivity contribution in [1.29, 1.82) is 0 Å². The Labute approximate surface area is 98.3 Å². The van der Waals surface area contributed by atoms with Gasteiger partial charge >= 0.3 is 0 Å². The number of hydrogen-bond donors (Lipinski definition) is 1. The Morgan fingerprint density at radius 2 is 2.06 bits per heavy atom. The van der Waals surface area contributed by atoms with Crippen LogP contribution < -0.4 is 0 Å². The average Bonchev–Trinajstić information content (AvgIpc) is 2.28. The summed E-state index contributed by atoms with van der Waals surface area (Å²) in [5.74, 6) is 0. The SMILES string of the molecule is CCCOCC(O)CCc1ccccc1C. The van der Waals surface area contributed by atoms with Gasteiger partial charge in [0.05, 0.1) is 12.7 Å². The van der Waals surface area contributed by atoms with Gasteiger partial charge in [-0.25, -0.2) is 0 Å². The van der Waals surface area contributed by atoms with Gasteiger partial charge in [0.15, 0.2) is 0 Å². The van der Waals surface area contributed by atoms with E-state index in [4.69, 9.17) is 4.74 Å². The molecule has 0 aromatic heterocycles. The van der Waals surface area contributed by atoms with Crippen LogP contribution in [0, 0.1) is 6.92 Å². The summed E-state index contributed by atoms with van der Waals surface area (Å²) in [5.41, 5.74) is 2.61. The summed E-state index contributed by atoms with van der Waals surface area (Å²) in [7, 11) is 0. The zero-order valence-electron chi connectivity index (χ0n) is 10.3. The van der Waals surface area contributed by atoms with Crippen LogP contribution >= 0.6 is 0 Å². The van der Waals surface area contributed by atoms with Crippen LogP contribution in [0.5, 0.6) is 0 Å². The molecule has 2 nitrogen and oxygen atoms in total. The zero-order chi connectivity index (χ0) is 11.8. The van der Waals surface area contributed by atoms with Crippen molar-refractivity contribution in [2.75, 3.05) is 13.2 Å². The molecule has 0 radical (unpaired) electrons. The predicted molar refractivity (Wildman–Crippen MR) is 66.6 cm³/mol. The highest BCUT2D eigenvalue weighted by molar-refractivity contribution is 5.25. The van der Waals surface area contributed by atoms with Crippen molar-refractivity contribution in [1.82, 2.24) is 0 Å². The summed E-state index contributed by atoms with van der Waals surface area (Å²) < 4.78 is 5.31. The number of aryl methyl sites for hydroxylation is 2. The summed E-state index contributed by atoms with van der Waals surface area (Å²) in [4.78, 5) is 0. The molecule has 1 aromatic rings. The molecule has 2 heteroatoms. The maximum absolute atomic E-state index is 9.70. The third-order valence-corrected chi connectivity index (χ3v) is 2.67. The Morgan fingerprint density at radius 3 is 2.75 bits per heavy atom. The molecule has 0 aliphatic carbocycles. The second kappa shape index (κ2) is 7.42. The van der Waals surface area contributed by atoms with Gasteiger partial charge in [0.1, 0.15) is 0 Å². The van der Waals surface area contributed by atoms with E-state index in [-0.39, 0.29) is 6.10 Å². The molecule has 0 spiro atoms. The molecule has 1 aromatic carbocycles. The van der Waals surface area contributed by atoms with Crippen molar-refractivity contribution in [3.8, 4) is 0 Å². The van der Waals surface area contributed by atoms with Gasteiger partial charge in [-0.2, -0.15) is 0 Å². The quantitative estimate of drug-likeness (QED) is 0.719. The molecular weight excluding hydrogens is 200 g/mol. The molecule has 0 saturated heterocycles. The number of hydrogen-bond acceptors (Lipinski definition) is 2.